The minimum absolute atomic E-state index is 0.0733. The highest BCUT2D eigenvalue weighted by Gasteiger charge is 2.31. The standard InChI is InChI=1S/C20H28ClFN2O/c1-18(2,3)14-12(21)10-11-13(15(14)22)17(25)24(20(7,8)9)23-16(11)19(4,5)6/h10H,1-9H3. The van der Waals surface area contributed by atoms with E-state index in [1.165, 1.54) is 4.68 Å². The Morgan fingerprint density at radius 1 is 1.00 bits per heavy atom. The molecule has 0 N–H and O–H groups in total. The van der Waals surface area contributed by atoms with Gasteiger partial charge in [0.2, 0.25) is 0 Å². The van der Waals surface area contributed by atoms with Gasteiger partial charge in [-0.3, -0.25) is 4.79 Å². The molecule has 1 aromatic heterocycles. The van der Waals surface area contributed by atoms with Crippen LogP contribution in [0.25, 0.3) is 10.8 Å². The van der Waals surface area contributed by atoms with Gasteiger partial charge in [0.15, 0.2) is 0 Å². The Labute approximate surface area is 154 Å². The van der Waals surface area contributed by atoms with Gasteiger partial charge in [0.25, 0.3) is 5.56 Å². The lowest BCUT2D eigenvalue weighted by molar-refractivity contribution is 0.330. The molecule has 1 heterocycles. The maximum atomic E-state index is 15.5. The zero-order valence-electron chi connectivity index (χ0n) is 16.6. The molecular formula is C20H28ClFN2O. The minimum atomic E-state index is -0.556. The van der Waals surface area contributed by atoms with Crippen LogP contribution in [0.3, 0.4) is 0 Å². The van der Waals surface area contributed by atoms with E-state index in [0.29, 0.717) is 21.7 Å². The van der Waals surface area contributed by atoms with Crippen LogP contribution < -0.4 is 5.56 Å². The van der Waals surface area contributed by atoms with E-state index in [9.17, 15) is 4.79 Å². The molecule has 2 aromatic rings. The molecule has 0 spiro atoms. The van der Waals surface area contributed by atoms with Crippen molar-refractivity contribution in [1.29, 1.82) is 0 Å². The average molecular weight is 367 g/mol. The zero-order valence-corrected chi connectivity index (χ0v) is 17.4. The van der Waals surface area contributed by atoms with Gasteiger partial charge < -0.3 is 0 Å². The molecule has 0 aliphatic carbocycles. The Hall–Kier alpha value is -1.42. The predicted molar refractivity (Wildman–Crippen MR) is 103 cm³/mol. The normalized spacial score (nSPS) is 13.6. The number of rotatable bonds is 0. The molecule has 25 heavy (non-hydrogen) atoms. The van der Waals surface area contributed by atoms with E-state index in [1.807, 2.05) is 62.3 Å². The molecule has 0 atom stereocenters. The van der Waals surface area contributed by atoms with Crippen LogP contribution in [0, 0.1) is 5.82 Å². The van der Waals surface area contributed by atoms with Crippen molar-refractivity contribution in [2.24, 2.45) is 0 Å². The summed E-state index contributed by atoms with van der Waals surface area (Å²) < 4.78 is 16.9. The molecule has 0 saturated carbocycles. The molecule has 0 fully saturated rings. The Bertz CT molecular complexity index is 894. The summed E-state index contributed by atoms with van der Waals surface area (Å²) in [7, 11) is 0. The molecule has 1 aromatic carbocycles. The van der Waals surface area contributed by atoms with Crippen molar-refractivity contribution in [3.8, 4) is 0 Å². The first-order valence-electron chi connectivity index (χ1n) is 8.53. The average Bonchev–Trinajstić information content (AvgIpc) is 2.32. The van der Waals surface area contributed by atoms with Gasteiger partial charge in [-0.2, -0.15) is 5.10 Å². The third kappa shape index (κ3) is 3.46. The summed E-state index contributed by atoms with van der Waals surface area (Å²) in [5.41, 5.74) is -0.824. The third-order valence-electron chi connectivity index (χ3n) is 4.18. The molecule has 0 saturated heterocycles. The van der Waals surface area contributed by atoms with Gasteiger partial charge >= 0.3 is 0 Å². The molecule has 5 heteroatoms. The van der Waals surface area contributed by atoms with E-state index in [2.05, 4.69) is 5.10 Å². The highest BCUT2D eigenvalue weighted by Crippen LogP contribution is 2.38. The van der Waals surface area contributed by atoms with Gasteiger partial charge in [0, 0.05) is 21.4 Å². The van der Waals surface area contributed by atoms with Crippen molar-refractivity contribution in [3.05, 3.63) is 38.5 Å². The SMILES string of the molecule is CC(C)(C)c1c(Cl)cc2c(C(C)(C)C)nn(C(C)(C)C)c(=O)c2c1F. The third-order valence-corrected chi connectivity index (χ3v) is 4.47. The van der Waals surface area contributed by atoms with Crippen molar-refractivity contribution >= 4 is 22.4 Å². The molecule has 0 aliphatic rings. The second-order valence-corrected chi connectivity index (χ2v) is 10.1. The first kappa shape index (κ1) is 19.9. The molecule has 3 nitrogen and oxygen atoms in total. The molecule has 0 aliphatic heterocycles. The van der Waals surface area contributed by atoms with Crippen LogP contribution in [0.15, 0.2) is 10.9 Å². The lowest BCUT2D eigenvalue weighted by atomic mass is 9.83. The van der Waals surface area contributed by atoms with E-state index in [0.717, 1.165) is 0 Å². The van der Waals surface area contributed by atoms with Crippen LogP contribution in [0.5, 0.6) is 0 Å². The van der Waals surface area contributed by atoms with Crippen LogP contribution in [-0.2, 0) is 16.4 Å². The first-order chi connectivity index (χ1) is 11.1. The molecule has 0 radical (unpaired) electrons. The summed E-state index contributed by atoms with van der Waals surface area (Å²) in [4.78, 5) is 13.1. The number of hydrogen-bond donors (Lipinski definition) is 0. The summed E-state index contributed by atoms with van der Waals surface area (Å²) in [5.74, 6) is -0.536. The fourth-order valence-corrected chi connectivity index (χ4v) is 3.49. The number of benzene rings is 1. The summed E-state index contributed by atoms with van der Waals surface area (Å²) in [5, 5.41) is 5.49. The molecule has 2 rings (SSSR count). The maximum absolute atomic E-state index is 15.5. The summed E-state index contributed by atoms with van der Waals surface area (Å²) in [6.07, 6.45) is 0. The van der Waals surface area contributed by atoms with Crippen LogP contribution in [0.2, 0.25) is 5.02 Å². The van der Waals surface area contributed by atoms with E-state index in [-0.39, 0.29) is 10.8 Å². The van der Waals surface area contributed by atoms with Gasteiger partial charge in [0.1, 0.15) is 5.82 Å². The van der Waals surface area contributed by atoms with Gasteiger partial charge in [-0.1, -0.05) is 53.1 Å². The fourth-order valence-electron chi connectivity index (χ4n) is 3.02. The molecule has 0 bridgehead atoms. The topological polar surface area (TPSA) is 34.9 Å². The van der Waals surface area contributed by atoms with Crippen LogP contribution in [0.4, 0.5) is 4.39 Å². The highest BCUT2D eigenvalue weighted by molar-refractivity contribution is 6.32. The summed E-state index contributed by atoms with van der Waals surface area (Å²) in [6.45, 7) is 17.3. The van der Waals surface area contributed by atoms with Crippen LogP contribution >= 0.6 is 11.6 Å². The largest absolute Gasteiger partial charge is 0.278 e. The quantitative estimate of drug-likeness (QED) is 0.613. The van der Waals surface area contributed by atoms with E-state index < -0.39 is 22.3 Å². The lowest BCUT2D eigenvalue weighted by Crippen LogP contribution is -2.39. The Morgan fingerprint density at radius 3 is 1.92 bits per heavy atom. The van der Waals surface area contributed by atoms with Crippen molar-refractivity contribution in [1.82, 2.24) is 9.78 Å². The predicted octanol–water partition coefficient (Wildman–Crippen LogP) is 5.54. The summed E-state index contributed by atoms with van der Waals surface area (Å²) in [6, 6.07) is 1.70. The first-order valence-corrected chi connectivity index (χ1v) is 8.91. The van der Waals surface area contributed by atoms with Crippen molar-refractivity contribution in [2.75, 3.05) is 0 Å². The second kappa shape index (κ2) is 5.80. The Balaban J connectivity index is 3.18. The lowest BCUT2D eigenvalue weighted by Gasteiger charge is -2.28. The zero-order chi connectivity index (χ0) is 19.5. The highest BCUT2D eigenvalue weighted by atomic mass is 35.5. The molecular weight excluding hydrogens is 339 g/mol. The molecule has 0 amide bonds. The van der Waals surface area contributed by atoms with Crippen molar-refractivity contribution in [3.63, 3.8) is 0 Å². The van der Waals surface area contributed by atoms with Crippen LogP contribution in [-0.4, -0.2) is 9.78 Å². The van der Waals surface area contributed by atoms with Crippen LogP contribution in [0.1, 0.15) is 73.6 Å². The Morgan fingerprint density at radius 2 is 1.52 bits per heavy atom. The van der Waals surface area contributed by atoms with Gasteiger partial charge in [-0.15, -0.1) is 0 Å². The van der Waals surface area contributed by atoms with Gasteiger partial charge in [0.05, 0.1) is 16.6 Å². The maximum Gasteiger partial charge on any atom is 0.278 e. The number of fused-ring (bicyclic) bond motifs is 1. The minimum Gasteiger partial charge on any atom is -0.267 e. The smallest absolute Gasteiger partial charge is 0.267 e. The van der Waals surface area contributed by atoms with Gasteiger partial charge in [-0.05, 0) is 32.3 Å². The molecule has 138 valence electrons. The fraction of sp³-hybridized carbons (Fsp3) is 0.600. The monoisotopic (exact) mass is 366 g/mol. The number of hydrogen-bond acceptors (Lipinski definition) is 2. The second-order valence-electron chi connectivity index (χ2n) is 9.71. The van der Waals surface area contributed by atoms with Gasteiger partial charge in [-0.25, -0.2) is 9.07 Å². The molecule has 0 unspecified atom stereocenters. The van der Waals surface area contributed by atoms with Crippen molar-refractivity contribution in [2.45, 2.75) is 78.7 Å². The van der Waals surface area contributed by atoms with E-state index in [4.69, 9.17) is 11.6 Å². The number of aromatic nitrogens is 2. The number of halogens is 2. The van der Waals surface area contributed by atoms with E-state index in [1.54, 1.807) is 6.07 Å². The summed E-state index contributed by atoms with van der Waals surface area (Å²) >= 11 is 6.42. The van der Waals surface area contributed by atoms with Crippen molar-refractivity contribution < 1.29 is 4.39 Å². The number of nitrogens with zero attached hydrogens (tertiary/aromatic N) is 2. The van der Waals surface area contributed by atoms with E-state index >= 15 is 4.39 Å². The Kier molecular flexibility index (Phi) is 4.62.